The molecule has 8 nitrogen and oxygen atoms in total. The van der Waals surface area contributed by atoms with Gasteiger partial charge in [-0.2, -0.15) is 5.10 Å². The van der Waals surface area contributed by atoms with Gasteiger partial charge in [-0.15, -0.1) is 0 Å². The summed E-state index contributed by atoms with van der Waals surface area (Å²) in [5.74, 6) is 0.0677. The molecule has 0 fully saturated rings. The summed E-state index contributed by atoms with van der Waals surface area (Å²) in [6.45, 7) is 5.06. The second-order valence-electron chi connectivity index (χ2n) is 7.44. The lowest BCUT2D eigenvalue weighted by Gasteiger charge is -2.24. The monoisotopic (exact) mass is 427 g/mol. The van der Waals surface area contributed by atoms with Crippen molar-refractivity contribution in [3.8, 4) is 11.1 Å². The molecule has 162 valence electrons. The molecule has 1 aromatic carbocycles. The molecule has 1 aliphatic heterocycles. The maximum Gasteiger partial charge on any atom is 0.334 e. The van der Waals surface area contributed by atoms with Gasteiger partial charge in [-0.1, -0.05) is 6.58 Å². The van der Waals surface area contributed by atoms with Crippen LogP contribution in [0.2, 0.25) is 0 Å². The van der Waals surface area contributed by atoms with Crippen molar-refractivity contribution in [3.05, 3.63) is 58.7 Å². The second kappa shape index (κ2) is 7.86. The van der Waals surface area contributed by atoms with E-state index in [0.717, 1.165) is 5.56 Å². The molecule has 0 aliphatic carbocycles. The van der Waals surface area contributed by atoms with Gasteiger partial charge in [0.05, 0.1) is 19.1 Å². The van der Waals surface area contributed by atoms with Crippen molar-refractivity contribution in [1.29, 1.82) is 0 Å². The standard InChI is InChI=1S/C21H23F2N7O/c1-12-7-15(14-9-25-28(3)11-14)16(23)8-17(12)26-20-24-10-18-19(27-20)30(13(2)5-6-22)21(31)29(18)4/h7-11,20,26-27H,2,5-6H2,1,3-4H3. The predicted octanol–water partition coefficient (Wildman–Crippen LogP) is 3.11. The van der Waals surface area contributed by atoms with Crippen LogP contribution in [0.1, 0.15) is 17.7 Å². The van der Waals surface area contributed by atoms with E-state index in [4.69, 9.17) is 0 Å². The van der Waals surface area contributed by atoms with Crippen LogP contribution in [-0.4, -0.2) is 38.1 Å². The zero-order valence-corrected chi connectivity index (χ0v) is 17.5. The number of aromatic nitrogens is 4. The van der Waals surface area contributed by atoms with E-state index in [1.807, 2.05) is 6.92 Å². The molecule has 10 heteroatoms. The van der Waals surface area contributed by atoms with E-state index < -0.39 is 18.8 Å². The summed E-state index contributed by atoms with van der Waals surface area (Å²) in [5, 5.41) is 10.4. The molecule has 1 aliphatic rings. The number of hydrogen-bond acceptors (Lipinski definition) is 5. The number of hydrogen-bond donors (Lipinski definition) is 2. The first-order valence-electron chi connectivity index (χ1n) is 9.71. The third kappa shape index (κ3) is 3.65. The lowest BCUT2D eigenvalue weighted by molar-refractivity contribution is 0.500. The smallest absolute Gasteiger partial charge is 0.334 e. The van der Waals surface area contributed by atoms with Crippen LogP contribution < -0.4 is 16.3 Å². The number of benzene rings is 1. The third-order valence-corrected chi connectivity index (χ3v) is 5.25. The number of anilines is 2. The van der Waals surface area contributed by atoms with Crippen LogP contribution in [0.25, 0.3) is 16.8 Å². The van der Waals surface area contributed by atoms with Crippen molar-refractivity contribution in [3.63, 3.8) is 0 Å². The Morgan fingerprint density at radius 1 is 1.35 bits per heavy atom. The highest BCUT2D eigenvalue weighted by atomic mass is 19.1. The summed E-state index contributed by atoms with van der Waals surface area (Å²) in [7, 11) is 3.38. The Bertz CT molecular complexity index is 1250. The Labute approximate surface area is 177 Å². The zero-order chi connectivity index (χ0) is 22.3. The number of halogens is 2. The zero-order valence-electron chi connectivity index (χ0n) is 17.5. The maximum absolute atomic E-state index is 14.8. The topological polar surface area (TPSA) is 81.2 Å². The van der Waals surface area contributed by atoms with Gasteiger partial charge in [-0.3, -0.25) is 18.2 Å². The van der Waals surface area contributed by atoms with Gasteiger partial charge in [0, 0.05) is 49.2 Å². The minimum absolute atomic E-state index is 0.0351. The van der Waals surface area contributed by atoms with Crippen LogP contribution in [-0.2, 0) is 14.1 Å². The fraction of sp³-hybridized carbons (Fsp3) is 0.286. The molecule has 4 rings (SSSR count). The highest BCUT2D eigenvalue weighted by molar-refractivity contribution is 5.88. The normalized spacial score (nSPS) is 14.9. The molecular formula is C21H23F2N7O. The molecule has 0 spiro atoms. The van der Waals surface area contributed by atoms with Crippen molar-refractivity contribution in [2.24, 2.45) is 19.1 Å². The Kier molecular flexibility index (Phi) is 5.22. The van der Waals surface area contributed by atoms with Crippen LogP contribution in [0.4, 0.5) is 20.3 Å². The number of alkyl halides is 1. The Balaban J connectivity index is 1.62. The van der Waals surface area contributed by atoms with Gasteiger partial charge in [-0.05, 0) is 24.6 Å². The van der Waals surface area contributed by atoms with E-state index >= 15 is 0 Å². The highest BCUT2D eigenvalue weighted by Gasteiger charge is 2.24. The molecule has 2 N–H and O–H groups in total. The Hall–Kier alpha value is -3.69. The predicted molar refractivity (Wildman–Crippen MR) is 118 cm³/mol. The summed E-state index contributed by atoms with van der Waals surface area (Å²) in [6.07, 6.45) is 4.30. The molecule has 0 bridgehead atoms. The van der Waals surface area contributed by atoms with Gasteiger partial charge >= 0.3 is 5.69 Å². The number of imidazole rings is 1. The van der Waals surface area contributed by atoms with Crippen LogP contribution in [0.3, 0.4) is 0 Å². The fourth-order valence-corrected chi connectivity index (χ4v) is 3.57. The number of aryl methyl sites for hydroxylation is 2. The summed E-state index contributed by atoms with van der Waals surface area (Å²) in [5.41, 5.74) is 3.06. The first-order chi connectivity index (χ1) is 14.8. The van der Waals surface area contributed by atoms with Crippen molar-refractivity contribution in [2.75, 3.05) is 17.3 Å². The minimum Gasteiger partial charge on any atom is -0.347 e. The van der Waals surface area contributed by atoms with E-state index in [1.54, 1.807) is 43.5 Å². The van der Waals surface area contributed by atoms with Gasteiger partial charge in [0.2, 0.25) is 0 Å². The summed E-state index contributed by atoms with van der Waals surface area (Å²) < 4.78 is 32.0. The molecule has 0 radical (unpaired) electrons. The van der Waals surface area contributed by atoms with Gasteiger partial charge in [-0.25, -0.2) is 14.2 Å². The van der Waals surface area contributed by atoms with Crippen LogP contribution >= 0.6 is 0 Å². The van der Waals surface area contributed by atoms with Crippen molar-refractivity contribution < 1.29 is 8.78 Å². The summed E-state index contributed by atoms with van der Waals surface area (Å²) in [6, 6.07) is 3.15. The highest BCUT2D eigenvalue weighted by Crippen LogP contribution is 2.29. The summed E-state index contributed by atoms with van der Waals surface area (Å²) >= 11 is 0. The van der Waals surface area contributed by atoms with Crippen LogP contribution in [0, 0.1) is 12.7 Å². The molecule has 0 saturated carbocycles. The Morgan fingerprint density at radius 2 is 2.13 bits per heavy atom. The largest absolute Gasteiger partial charge is 0.347 e. The van der Waals surface area contributed by atoms with Crippen LogP contribution in [0.15, 0.2) is 40.9 Å². The van der Waals surface area contributed by atoms with Crippen LogP contribution in [0.5, 0.6) is 0 Å². The number of nitrogens with zero attached hydrogens (tertiary/aromatic N) is 5. The van der Waals surface area contributed by atoms with Crippen molar-refractivity contribution in [2.45, 2.75) is 19.6 Å². The number of fused-ring (bicyclic) bond motifs is 1. The molecule has 0 saturated heterocycles. The first-order valence-corrected chi connectivity index (χ1v) is 9.71. The molecule has 1 atom stereocenters. The van der Waals surface area contributed by atoms with E-state index in [1.165, 1.54) is 15.2 Å². The average Bonchev–Trinajstić information content (AvgIpc) is 3.26. The van der Waals surface area contributed by atoms with E-state index in [-0.39, 0.29) is 12.1 Å². The van der Waals surface area contributed by atoms with Gasteiger partial charge in [0.1, 0.15) is 17.3 Å². The molecule has 1 unspecified atom stereocenters. The lowest BCUT2D eigenvalue weighted by atomic mass is 10.0. The number of nitrogens with one attached hydrogen (secondary N) is 2. The third-order valence-electron chi connectivity index (χ3n) is 5.25. The van der Waals surface area contributed by atoms with E-state index in [2.05, 4.69) is 27.3 Å². The number of aliphatic imine (C=N–C) groups is 1. The number of allylic oxidation sites excluding steroid dienone is 1. The minimum atomic E-state index is -0.652. The van der Waals surface area contributed by atoms with Crippen molar-refractivity contribution in [1.82, 2.24) is 18.9 Å². The van der Waals surface area contributed by atoms with Gasteiger partial charge < -0.3 is 10.6 Å². The molecule has 31 heavy (non-hydrogen) atoms. The van der Waals surface area contributed by atoms with E-state index in [9.17, 15) is 13.6 Å². The first kappa shape index (κ1) is 20.6. The second-order valence-corrected chi connectivity index (χ2v) is 7.44. The van der Waals surface area contributed by atoms with Crippen molar-refractivity contribution >= 4 is 23.4 Å². The molecule has 0 amide bonds. The fourth-order valence-electron chi connectivity index (χ4n) is 3.57. The van der Waals surface area contributed by atoms with Gasteiger partial charge in [0.25, 0.3) is 0 Å². The molecule has 3 heterocycles. The molecule has 3 aromatic rings. The SMILES string of the molecule is C=C(CCF)n1c2c(n(C)c1=O)C=NC(Nc1cc(F)c(-c3cnn(C)c3)cc1C)N2. The molecular weight excluding hydrogens is 404 g/mol. The quantitative estimate of drug-likeness (QED) is 0.634. The average molecular weight is 427 g/mol. The Morgan fingerprint density at radius 3 is 2.81 bits per heavy atom. The van der Waals surface area contributed by atoms with Gasteiger partial charge in [0.15, 0.2) is 6.29 Å². The molecule has 2 aromatic heterocycles. The maximum atomic E-state index is 14.8. The van der Waals surface area contributed by atoms with E-state index in [0.29, 0.717) is 34.0 Å². The summed E-state index contributed by atoms with van der Waals surface area (Å²) in [4.78, 5) is 17.0. The lowest BCUT2D eigenvalue weighted by Crippen LogP contribution is -2.31. The number of rotatable bonds is 6.